The second-order valence-electron chi connectivity index (χ2n) is 5.18. The van der Waals surface area contributed by atoms with Gasteiger partial charge in [0.15, 0.2) is 0 Å². The highest BCUT2D eigenvalue weighted by Gasteiger charge is 2.25. The first-order valence-corrected chi connectivity index (χ1v) is 8.07. The SMILES string of the molecule is CNC(=S)C(C(=O)NCCCc1ccccc1)c1ccccn1. The van der Waals surface area contributed by atoms with Crippen LogP contribution >= 0.6 is 12.2 Å². The molecule has 2 N–H and O–H groups in total. The van der Waals surface area contributed by atoms with Gasteiger partial charge in [-0.05, 0) is 30.5 Å². The van der Waals surface area contributed by atoms with Gasteiger partial charge in [0.2, 0.25) is 5.91 Å². The number of rotatable bonds is 7. The van der Waals surface area contributed by atoms with Gasteiger partial charge in [0.25, 0.3) is 0 Å². The Balaban J connectivity index is 1.90. The predicted octanol–water partition coefficient (Wildman–Crippen LogP) is 2.46. The second-order valence-corrected chi connectivity index (χ2v) is 5.62. The highest BCUT2D eigenvalue weighted by atomic mass is 32.1. The number of aryl methyl sites for hydroxylation is 1. The fourth-order valence-electron chi connectivity index (χ4n) is 2.33. The summed E-state index contributed by atoms with van der Waals surface area (Å²) in [5, 5.41) is 5.85. The second kappa shape index (κ2) is 9.00. The summed E-state index contributed by atoms with van der Waals surface area (Å²) in [6.45, 7) is 0.614. The van der Waals surface area contributed by atoms with Gasteiger partial charge in [0.05, 0.1) is 10.7 Å². The molecular weight excluding hydrogens is 306 g/mol. The maximum Gasteiger partial charge on any atom is 0.236 e. The molecule has 0 aliphatic heterocycles. The van der Waals surface area contributed by atoms with Crippen molar-refractivity contribution < 1.29 is 4.79 Å². The van der Waals surface area contributed by atoms with Gasteiger partial charge >= 0.3 is 0 Å². The number of hydrogen-bond donors (Lipinski definition) is 2. The maximum atomic E-state index is 12.5. The minimum Gasteiger partial charge on any atom is -0.382 e. The quantitative estimate of drug-likeness (QED) is 0.606. The molecular formula is C18H21N3OS. The lowest BCUT2D eigenvalue weighted by atomic mass is 10.0. The molecule has 1 aromatic carbocycles. The number of benzene rings is 1. The molecule has 1 aromatic heterocycles. The maximum absolute atomic E-state index is 12.5. The van der Waals surface area contributed by atoms with Crippen LogP contribution < -0.4 is 10.6 Å². The van der Waals surface area contributed by atoms with Gasteiger partial charge in [0, 0.05) is 19.8 Å². The van der Waals surface area contributed by atoms with Gasteiger partial charge in [-0.25, -0.2) is 0 Å². The van der Waals surface area contributed by atoms with Crippen LogP contribution in [-0.2, 0) is 11.2 Å². The number of nitrogens with zero attached hydrogens (tertiary/aromatic N) is 1. The Bertz CT molecular complexity index is 631. The molecule has 0 aliphatic carbocycles. The van der Waals surface area contributed by atoms with Crippen molar-refractivity contribution in [2.75, 3.05) is 13.6 Å². The summed E-state index contributed by atoms with van der Waals surface area (Å²) in [5.74, 6) is -0.663. The van der Waals surface area contributed by atoms with E-state index in [-0.39, 0.29) is 5.91 Å². The Labute approximate surface area is 142 Å². The van der Waals surface area contributed by atoms with Crippen LogP contribution in [0.4, 0.5) is 0 Å². The zero-order valence-electron chi connectivity index (χ0n) is 13.2. The van der Waals surface area contributed by atoms with E-state index in [0.29, 0.717) is 17.2 Å². The summed E-state index contributed by atoms with van der Waals surface area (Å²) in [4.78, 5) is 17.2. The molecule has 0 spiro atoms. The van der Waals surface area contributed by atoms with E-state index in [9.17, 15) is 4.79 Å². The smallest absolute Gasteiger partial charge is 0.236 e. The molecule has 0 bridgehead atoms. The minimum absolute atomic E-state index is 0.115. The Morgan fingerprint density at radius 1 is 1.17 bits per heavy atom. The van der Waals surface area contributed by atoms with Crippen molar-refractivity contribution in [3.8, 4) is 0 Å². The van der Waals surface area contributed by atoms with Crippen molar-refractivity contribution in [3.05, 3.63) is 66.0 Å². The van der Waals surface area contributed by atoms with Gasteiger partial charge in [-0.1, -0.05) is 48.6 Å². The normalized spacial score (nSPS) is 11.5. The zero-order valence-corrected chi connectivity index (χ0v) is 14.0. The van der Waals surface area contributed by atoms with Gasteiger partial charge in [-0.3, -0.25) is 9.78 Å². The van der Waals surface area contributed by atoms with Crippen LogP contribution in [0.2, 0.25) is 0 Å². The third-order valence-corrected chi connectivity index (χ3v) is 3.98. The molecule has 2 aromatic rings. The average molecular weight is 327 g/mol. The molecule has 0 fully saturated rings. The Hall–Kier alpha value is -2.27. The molecule has 120 valence electrons. The highest BCUT2D eigenvalue weighted by molar-refractivity contribution is 7.80. The zero-order chi connectivity index (χ0) is 16.5. The van der Waals surface area contributed by atoms with Crippen molar-refractivity contribution in [2.24, 2.45) is 0 Å². The molecule has 2 rings (SSSR count). The summed E-state index contributed by atoms with van der Waals surface area (Å²) >= 11 is 5.28. The summed E-state index contributed by atoms with van der Waals surface area (Å²) in [6.07, 6.45) is 3.49. The Morgan fingerprint density at radius 3 is 2.57 bits per heavy atom. The monoisotopic (exact) mass is 327 g/mol. The minimum atomic E-state index is -0.548. The molecule has 1 atom stereocenters. The summed E-state index contributed by atoms with van der Waals surface area (Å²) in [6, 6.07) is 15.7. The number of pyridine rings is 1. The fraction of sp³-hybridized carbons (Fsp3) is 0.278. The summed E-state index contributed by atoms with van der Waals surface area (Å²) < 4.78 is 0. The lowest BCUT2D eigenvalue weighted by molar-refractivity contribution is -0.121. The Morgan fingerprint density at radius 2 is 1.91 bits per heavy atom. The number of aromatic nitrogens is 1. The fourth-order valence-corrected chi connectivity index (χ4v) is 2.56. The predicted molar refractivity (Wildman–Crippen MR) is 96.4 cm³/mol. The van der Waals surface area contributed by atoms with E-state index in [1.165, 1.54) is 5.56 Å². The van der Waals surface area contributed by atoms with Gasteiger partial charge in [-0.15, -0.1) is 0 Å². The van der Waals surface area contributed by atoms with Crippen LogP contribution in [0.15, 0.2) is 54.7 Å². The molecule has 0 saturated heterocycles. The van der Waals surface area contributed by atoms with Crippen molar-refractivity contribution in [3.63, 3.8) is 0 Å². The molecule has 4 nitrogen and oxygen atoms in total. The number of hydrogen-bond acceptors (Lipinski definition) is 3. The topological polar surface area (TPSA) is 54.0 Å². The lowest BCUT2D eigenvalue weighted by Crippen LogP contribution is -2.38. The molecule has 1 unspecified atom stereocenters. The number of thiocarbonyl (C=S) groups is 1. The molecule has 0 saturated carbocycles. The third-order valence-electron chi connectivity index (χ3n) is 3.54. The molecule has 0 aliphatic rings. The van der Waals surface area contributed by atoms with E-state index in [0.717, 1.165) is 12.8 Å². The lowest BCUT2D eigenvalue weighted by Gasteiger charge is -2.17. The first-order valence-electron chi connectivity index (χ1n) is 7.66. The summed E-state index contributed by atoms with van der Waals surface area (Å²) in [5.41, 5.74) is 1.93. The molecule has 1 heterocycles. The van der Waals surface area contributed by atoms with E-state index in [1.54, 1.807) is 13.2 Å². The first-order chi connectivity index (χ1) is 11.2. The van der Waals surface area contributed by atoms with Crippen LogP contribution in [0.5, 0.6) is 0 Å². The van der Waals surface area contributed by atoms with Gasteiger partial charge in [-0.2, -0.15) is 0 Å². The molecule has 0 radical (unpaired) electrons. The highest BCUT2D eigenvalue weighted by Crippen LogP contribution is 2.14. The van der Waals surface area contributed by atoms with Crippen LogP contribution in [0.3, 0.4) is 0 Å². The van der Waals surface area contributed by atoms with Crippen LogP contribution in [0, 0.1) is 0 Å². The number of carbonyl (C=O) groups is 1. The van der Waals surface area contributed by atoms with E-state index in [4.69, 9.17) is 12.2 Å². The van der Waals surface area contributed by atoms with E-state index >= 15 is 0 Å². The third kappa shape index (κ3) is 5.14. The van der Waals surface area contributed by atoms with Crippen LogP contribution in [0.1, 0.15) is 23.6 Å². The molecule has 1 amide bonds. The average Bonchev–Trinajstić information content (AvgIpc) is 2.60. The van der Waals surface area contributed by atoms with Gasteiger partial charge in [0.1, 0.15) is 5.92 Å². The van der Waals surface area contributed by atoms with Crippen molar-refractivity contribution in [1.82, 2.24) is 15.6 Å². The van der Waals surface area contributed by atoms with E-state index in [2.05, 4.69) is 27.8 Å². The largest absolute Gasteiger partial charge is 0.382 e. The van der Waals surface area contributed by atoms with Crippen molar-refractivity contribution in [2.45, 2.75) is 18.8 Å². The van der Waals surface area contributed by atoms with Crippen molar-refractivity contribution in [1.29, 1.82) is 0 Å². The van der Waals surface area contributed by atoms with E-state index in [1.807, 2.05) is 36.4 Å². The standard InChI is InChI=1S/C18H21N3OS/c1-19-18(23)16(15-11-5-6-12-20-15)17(22)21-13-7-10-14-8-3-2-4-9-14/h2-6,8-9,11-12,16H,7,10,13H2,1H3,(H,19,23)(H,21,22). The van der Waals surface area contributed by atoms with Crippen LogP contribution in [0.25, 0.3) is 0 Å². The number of carbonyl (C=O) groups excluding carboxylic acids is 1. The molecule has 5 heteroatoms. The Kier molecular flexibility index (Phi) is 6.69. The molecule has 23 heavy (non-hydrogen) atoms. The van der Waals surface area contributed by atoms with Crippen LogP contribution in [-0.4, -0.2) is 29.5 Å². The number of likely N-dealkylation sites (N-methyl/N-ethyl adjacent to an activating group) is 1. The summed E-state index contributed by atoms with van der Waals surface area (Å²) in [7, 11) is 1.72. The number of nitrogens with one attached hydrogen (secondary N) is 2. The first kappa shape index (κ1) is 17.1. The number of amides is 1. The van der Waals surface area contributed by atoms with Crippen molar-refractivity contribution >= 4 is 23.1 Å². The van der Waals surface area contributed by atoms with Gasteiger partial charge < -0.3 is 10.6 Å². The van der Waals surface area contributed by atoms with E-state index < -0.39 is 5.92 Å².